The molecule has 0 aliphatic carbocycles. The van der Waals surface area contributed by atoms with E-state index in [9.17, 15) is 9.59 Å². The van der Waals surface area contributed by atoms with E-state index in [1.165, 1.54) is 21.3 Å². The highest BCUT2D eigenvalue weighted by molar-refractivity contribution is 6.15. The molecule has 0 spiro atoms. The highest BCUT2D eigenvalue weighted by Crippen LogP contribution is 2.46. The van der Waals surface area contributed by atoms with E-state index in [2.05, 4.69) is 0 Å². The van der Waals surface area contributed by atoms with Gasteiger partial charge in [-0.15, -0.1) is 0 Å². The molecule has 130 valence electrons. The average Bonchev–Trinajstić information content (AvgIpc) is 2.67. The highest BCUT2D eigenvalue weighted by Gasteiger charge is 2.55. The summed E-state index contributed by atoms with van der Waals surface area (Å²) in [5.74, 6) is 0.270. The number of para-hydroxylation sites is 1. The SMILES string of the molecule is COC(=O)C1(c2ccc(OC)cc2OC)C(=O)COc2ccccc21. The molecule has 1 aliphatic heterocycles. The summed E-state index contributed by atoms with van der Waals surface area (Å²) in [6, 6.07) is 11.9. The molecule has 0 aromatic heterocycles. The fourth-order valence-corrected chi connectivity index (χ4v) is 3.19. The zero-order valence-corrected chi connectivity index (χ0v) is 14.2. The monoisotopic (exact) mass is 342 g/mol. The number of ether oxygens (including phenoxy) is 4. The van der Waals surface area contributed by atoms with Crippen LogP contribution < -0.4 is 14.2 Å². The van der Waals surface area contributed by atoms with Gasteiger partial charge < -0.3 is 18.9 Å². The van der Waals surface area contributed by atoms with E-state index >= 15 is 0 Å². The number of methoxy groups -OCH3 is 3. The second kappa shape index (κ2) is 6.47. The van der Waals surface area contributed by atoms with E-state index in [-0.39, 0.29) is 6.61 Å². The van der Waals surface area contributed by atoms with Crippen LogP contribution in [-0.2, 0) is 19.7 Å². The van der Waals surface area contributed by atoms with Crippen LogP contribution in [0.25, 0.3) is 0 Å². The molecular formula is C19H18O6. The van der Waals surface area contributed by atoms with Crippen molar-refractivity contribution in [2.24, 2.45) is 0 Å². The van der Waals surface area contributed by atoms with Crippen LogP contribution in [0.1, 0.15) is 11.1 Å². The molecule has 0 saturated carbocycles. The van der Waals surface area contributed by atoms with Gasteiger partial charge in [-0.25, -0.2) is 0 Å². The molecule has 2 aromatic carbocycles. The van der Waals surface area contributed by atoms with Gasteiger partial charge in [0.2, 0.25) is 0 Å². The first-order chi connectivity index (χ1) is 12.1. The largest absolute Gasteiger partial charge is 0.497 e. The molecule has 6 heteroatoms. The van der Waals surface area contributed by atoms with E-state index < -0.39 is 17.2 Å². The van der Waals surface area contributed by atoms with E-state index in [4.69, 9.17) is 18.9 Å². The summed E-state index contributed by atoms with van der Waals surface area (Å²) in [5.41, 5.74) is -0.828. The minimum absolute atomic E-state index is 0.235. The van der Waals surface area contributed by atoms with Gasteiger partial charge in [0.15, 0.2) is 11.2 Å². The maximum atomic E-state index is 13.0. The van der Waals surface area contributed by atoms with Crippen molar-refractivity contribution in [2.75, 3.05) is 27.9 Å². The Labute approximate surface area is 145 Å². The summed E-state index contributed by atoms with van der Waals surface area (Å²) in [6.07, 6.45) is 0. The first kappa shape index (κ1) is 16.8. The van der Waals surface area contributed by atoms with E-state index in [0.29, 0.717) is 28.4 Å². The first-order valence-corrected chi connectivity index (χ1v) is 7.66. The number of rotatable bonds is 4. The molecule has 1 unspecified atom stereocenters. The summed E-state index contributed by atoms with van der Waals surface area (Å²) < 4.78 is 21.2. The smallest absolute Gasteiger partial charge is 0.328 e. The highest BCUT2D eigenvalue weighted by atomic mass is 16.5. The van der Waals surface area contributed by atoms with Crippen LogP contribution in [0, 0.1) is 0 Å². The van der Waals surface area contributed by atoms with Crippen molar-refractivity contribution >= 4 is 11.8 Å². The van der Waals surface area contributed by atoms with Gasteiger partial charge in [0.05, 0.1) is 21.3 Å². The van der Waals surface area contributed by atoms with Crippen molar-refractivity contribution < 1.29 is 28.5 Å². The Morgan fingerprint density at radius 1 is 1.04 bits per heavy atom. The Balaban J connectivity index is 2.37. The van der Waals surface area contributed by atoms with Gasteiger partial charge in [0, 0.05) is 17.2 Å². The van der Waals surface area contributed by atoms with Crippen molar-refractivity contribution in [1.29, 1.82) is 0 Å². The topological polar surface area (TPSA) is 71.1 Å². The number of hydrogen-bond donors (Lipinski definition) is 0. The molecular weight excluding hydrogens is 324 g/mol. The molecule has 0 bridgehead atoms. The Kier molecular flexibility index (Phi) is 4.35. The van der Waals surface area contributed by atoms with E-state index in [1.54, 1.807) is 42.5 Å². The summed E-state index contributed by atoms with van der Waals surface area (Å²) in [7, 11) is 4.25. The normalized spacial score (nSPS) is 18.8. The van der Waals surface area contributed by atoms with Crippen LogP contribution in [0.2, 0.25) is 0 Å². The molecule has 3 rings (SSSR count). The van der Waals surface area contributed by atoms with Gasteiger partial charge in [-0.1, -0.05) is 18.2 Å². The summed E-state index contributed by atoms with van der Waals surface area (Å²) in [4.78, 5) is 25.9. The fraction of sp³-hybridized carbons (Fsp3) is 0.263. The van der Waals surface area contributed by atoms with E-state index in [1.807, 2.05) is 0 Å². The predicted molar refractivity (Wildman–Crippen MR) is 89.3 cm³/mol. The van der Waals surface area contributed by atoms with Gasteiger partial charge in [0.25, 0.3) is 0 Å². The van der Waals surface area contributed by atoms with Crippen molar-refractivity contribution in [3.05, 3.63) is 53.6 Å². The molecule has 0 fully saturated rings. The molecule has 6 nitrogen and oxygen atoms in total. The summed E-state index contributed by atoms with van der Waals surface area (Å²) in [6.45, 7) is -0.235. The zero-order valence-electron chi connectivity index (χ0n) is 14.2. The molecule has 0 N–H and O–H groups in total. The quantitative estimate of drug-likeness (QED) is 0.626. The first-order valence-electron chi connectivity index (χ1n) is 7.66. The van der Waals surface area contributed by atoms with Gasteiger partial charge in [-0.3, -0.25) is 9.59 Å². The fourth-order valence-electron chi connectivity index (χ4n) is 3.19. The lowest BCUT2D eigenvalue weighted by Crippen LogP contribution is -2.50. The van der Waals surface area contributed by atoms with Gasteiger partial charge in [-0.05, 0) is 18.2 Å². The average molecular weight is 342 g/mol. The third-order valence-corrected chi connectivity index (χ3v) is 4.37. The predicted octanol–water partition coefficient (Wildman–Crippen LogP) is 2.12. The van der Waals surface area contributed by atoms with Crippen molar-refractivity contribution in [3.8, 4) is 17.2 Å². The number of carbonyl (C=O) groups is 2. The van der Waals surface area contributed by atoms with E-state index in [0.717, 1.165) is 0 Å². The van der Waals surface area contributed by atoms with Gasteiger partial charge >= 0.3 is 5.97 Å². The molecule has 1 atom stereocenters. The standard InChI is InChI=1S/C19H18O6/c1-22-12-8-9-14(16(10-12)23-2)19(18(21)24-3)13-6-4-5-7-15(13)25-11-17(19)20/h4-10H,11H2,1-3H3. The molecule has 25 heavy (non-hydrogen) atoms. The number of fused-ring (bicyclic) bond motifs is 1. The maximum Gasteiger partial charge on any atom is 0.328 e. The number of Topliss-reactive ketones (excluding diaryl/α,β-unsaturated/α-hetero) is 1. The van der Waals surface area contributed by atoms with Crippen molar-refractivity contribution in [2.45, 2.75) is 5.41 Å². The number of benzene rings is 2. The Morgan fingerprint density at radius 2 is 1.80 bits per heavy atom. The second-order valence-corrected chi connectivity index (χ2v) is 5.52. The third kappa shape index (κ3) is 2.41. The molecule has 0 saturated heterocycles. The summed E-state index contributed by atoms with van der Waals surface area (Å²) in [5, 5.41) is 0. The minimum atomic E-state index is -1.65. The van der Waals surface area contributed by atoms with Crippen LogP contribution in [0.5, 0.6) is 17.2 Å². The molecule has 1 aliphatic rings. The van der Waals surface area contributed by atoms with Crippen molar-refractivity contribution in [1.82, 2.24) is 0 Å². The number of ketones is 1. The minimum Gasteiger partial charge on any atom is -0.497 e. The molecule has 1 heterocycles. The molecule has 0 amide bonds. The lowest BCUT2D eigenvalue weighted by Gasteiger charge is -2.36. The van der Waals surface area contributed by atoms with Crippen molar-refractivity contribution in [3.63, 3.8) is 0 Å². The Morgan fingerprint density at radius 3 is 2.48 bits per heavy atom. The number of hydrogen-bond acceptors (Lipinski definition) is 6. The number of esters is 1. The van der Waals surface area contributed by atoms with Crippen LogP contribution in [0.4, 0.5) is 0 Å². The summed E-state index contributed by atoms with van der Waals surface area (Å²) >= 11 is 0. The lowest BCUT2D eigenvalue weighted by molar-refractivity contribution is -0.151. The van der Waals surface area contributed by atoms with Crippen LogP contribution in [0.3, 0.4) is 0 Å². The second-order valence-electron chi connectivity index (χ2n) is 5.52. The molecule has 0 radical (unpaired) electrons. The zero-order chi connectivity index (χ0) is 18.0. The van der Waals surface area contributed by atoms with Crippen LogP contribution in [0.15, 0.2) is 42.5 Å². The van der Waals surface area contributed by atoms with Crippen LogP contribution >= 0.6 is 0 Å². The third-order valence-electron chi connectivity index (χ3n) is 4.37. The van der Waals surface area contributed by atoms with Crippen LogP contribution in [-0.4, -0.2) is 39.7 Å². The maximum absolute atomic E-state index is 13.0. The van der Waals surface area contributed by atoms with Gasteiger partial charge in [0.1, 0.15) is 23.9 Å². The molecule has 2 aromatic rings. The lowest BCUT2D eigenvalue weighted by atomic mass is 9.69. The number of carbonyl (C=O) groups excluding carboxylic acids is 2. The van der Waals surface area contributed by atoms with Gasteiger partial charge in [-0.2, -0.15) is 0 Å². The Hall–Kier alpha value is -3.02. The Bertz CT molecular complexity index is 828.